The van der Waals surface area contributed by atoms with Crippen LogP contribution in [-0.4, -0.2) is 31.6 Å². The second-order valence-electron chi connectivity index (χ2n) is 4.47. The van der Waals surface area contributed by atoms with Gasteiger partial charge in [0.15, 0.2) is 0 Å². The normalized spacial score (nSPS) is 11.4. The van der Waals surface area contributed by atoms with E-state index in [0.717, 1.165) is 0 Å². The Morgan fingerprint density at radius 1 is 1.24 bits per heavy atom. The number of methoxy groups -OCH3 is 2. The molecule has 21 heavy (non-hydrogen) atoms. The van der Waals surface area contributed by atoms with Gasteiger partial charge in [0.25, 0.3) is 10.0 Å². The molecule has 1 aromatic carbocycles. The topological polar surface area (TPSA) is 70.4 Å². The highest BCUT2D eigenvalue weighted by Gasteiger charge is 2.25. The van der Waals surface area contributed by atoms with Crippen LogP contribution in [0.25, 0.3) is 0 Å². The van der Waals surface area contributed by atoms with Crippen molar-refractivity contribution in [3.63, 3.8) is 0 Å². The van der Waals surface area contributed by atoms with E-state index in [2.05, 4.69) is 4.98 Å². The molecule has 0 fully saturated rings. The lowest BCUT2D eigenvalue weighted by Gasteiger charge is -2.13. The van der Waals surface area contributed by atoms with Crippen molar-refractivity contribution < 1.29 is 17.9 Å². The lowest BCUT2D eigenvalue weighted by molar-refractivity contribution is 0.392. The summed E-state index contributed by atoms with van der Waals surface area (Å²) in [5.74, 6) is 1.20. The first-order valence-electron chi connectivity index (χ1n) is 6.46. The summed E-state index contributed by atoms with van der Waals surface area (Å²) < 4.78 is 37.2. The summed E-state index contributed by atoms with van der Waals surface area (Å²) in [7, 11) is -0.873. The van der Waals surface area contributed by atoms with Crippen LogP contribution in [0.2, 0.25) is 0 Å². The van der Waals surface area contributed by atoms with Crippen LogP contribution in [0.4, 0.5) is 0 Å². The second-order valence-corrected chi connectivity index (χ2v) is 6.25. The summed E-state index contributed by atoms with van der Waals surface area (Å²) in [6, 6.07) is 4.67. The zero-order chi connectivity index (χ0) is 15.6. The molecule has 0 aliphatic carbocycles. The molecule has 2 rings (SSSR count). The van der Waals surface area contributed by atoms with Crippen LogP contribution in [0.15, 0.2) is 29.3 Å². The summed E-state index contributed by atoms with van der Waals surface area (Å²) >= 11 is 0. The van der Waals surface area contributed by atoms with E-state index < -0.39 is 10.0 Å². The quantitative estimate of drug-likeness (QED) is 0.845. The zero-order valence-electron chi connectivity index (χ0n) is 12.5. The Hall–Kier alpha value is -2.02. The van der Waals surface area contributed by atoms with Gasteiger partial charge in [-0.2, -0.15) is 0 Å². The Morgan fingerprint density at radius 2 is 1.95 bits per heavy atom. The molecule has 0 aliphatic rings. The monoisotopic (exact) mass is 310 g/mol. The molecule has 0 radical (unpaired) electrons. The molecule has 0 saturated carbocycles. The van der Waals surface area contributed by atoms with E-state index in [4.69, 9.17) is 9.47 Å². The van der Waals surface area contributed by atoms with E-state index >= 15 is 0 Å². The van der Waals surface area contributed by atoms with Crippen molar-refractivity contribution in [1.82, 2.24) is 8.96 Å². The van der Waals surface area contributed by atoms with Crippen LogP contribution in [0, 0.1) is 6.92 Å². The summed E-state index contributed by atoms with van der Waals surface area (Å²) in [5.41, 5.74) is 0.650. The van der Waals surface area contributed by atoms with Gasteiger partial charge in [-0.25, -0.2) is 17.4 Å². The minimum atomic E-state index is -3.79. The average Bonchev–Trinajstić information content (AvgIpc) is 2.88. The van der Waals surface area contributed by atoms with Crippen LogP contribution in [0.1, 0.15) is 18.4 Å². The molecule has 0 amide bonds. The van der Waals surface area contributed by atoms with Gasteiger partial charge in [0.05, 0.1) is 19.9 Å². The zero-order valence-corrected chi connectivity index (χ0v) is 13.3. The average molecular weight is 310 g/mol. The summed E-state index contributed by atoms with van der Waals surface area (Å²) in [6.45, 7) is 3.62. The van der Waals surface area contributed by atoms with Crippen molar-refractivity contribution in [2.24, 2.45) is 0 Å². The molecule has 1 heterocycles. The number of aromatic nitrogens is 2. The molecule has 0 bridgehead atoms. The maximum Gasteiger partial charge on any atom is 0.272 e. The van der Waals surface area contributed by atoms with Crippen LogP contribution in [0.3, 0.4) is 0 Å². The Kier molecular flexibility index (Phi) is 4.22. The molecule has 7 heteroatoms. The van der Waals surface area contributed by atoms with Crippen molar-refractivity contribution in [3.8, 4) is 11.5 Å². The molecular weight excluding hydrogens is 292 g/mol. The Balaban J connectivity index is 2.68. The molecule has 0 spiro atoms. The third-order valence-electron chi connectivity index (χ3n) is 3.09. The van der Waals surface area contributed by atoms with Gasteiger partial charge >= 0.3 is 0 Å². The first-order chi connectivity index (χ1) is 9.93. The maximum atomic E-state index is 12.9. The highest BCUT2D eigenvalue weighted by molar-refractivity contribution is 7.90. The molecule has 0 aliphatic heterocycles. The van der Waals surface area contributed by atoms with Gasteiger partial charge in [-0.05, 0) is 19.1 Å². The highest BCUT2D eigenvalue weighted by atomic mass is 32.2. The molecule has 0 atom stereocenters. The van der Waals surface area contributed by atoms with Crippen molar-refractivity contribution in [2.75, 3.05) is 14.2 Å². The van der Waals surface area contributed by atoms with Gasteiger partial charge in [-0.1, -0.05) is 6.92 Å². The van der Waals surface area contributed by atoms with Gasteiger partial charge in [0.2, 0.25) is 0 Å². The summed E-state index contributed by atoms with van der Waals surface area (Å²) in [4.78, 5) is 4.28. The van der Waals surface area contributed by atoms with Crippen LogP contribution >= 0.6 is 0 Å². The highest BCUT2D eigenvalue weighted by Crippen LogP contribution is 2.30. The summed E-state index contributed by atoms with van der Waals surface area (Å²) in [5, 5.41) is 0. The molecule has 0 unspecified atom stereocenters. The largest absolute Gasteiger partial charge is 0.497 e. The van der Waals surface area contributed by atoms with Crippen LogP contribution in [0.5, 0.6) is 11.5 Å². The molecule has 2 aromatic rings. The fourth-order valence-electron chi connectivity index (χ4n) is 2.06. The van der Waals surface area contributed by atoms with E-state index in [1.807, 2.05) is 6.92 Å². The van der Waals surface area contributed by atoms with Gasteiger partial charge in [-0.3, -0.25) is 0 Å². The molecule has 114 valence electrons. The lowest BCUT2D eigenvalue weighted by atomic mass is 10.3. The van der Waals surface area contributed by atoms with E-state index in [1.54, 1.807) is 19.1 Å². The number of hydrogen-bond acceptors (Lipinski definition) is 5. The number of ether oxygens (including phenoxy) is 2. The lowest BCUT2D eigenvalue weighted by Crippen LogP contribution is -2.16. The Bertz CT molecular complexity index is 750. The third-order valence-corrected chi connectivity index (χ3v) is 4.80. The van der Waals surface area contributed by atoms with E-state index in [-0.39, 0.29) is 10.6 Å². The van der Waals surface area contributed by atoms with Gasteiger partial charge in [0.1, 0.15) is 22.2 Å². The molecule has 0 saturated heterocycles. The predicted molar refractivity (Wildman–Crippen MR) is 78.5 cm³/mol. The van der Waals surface area contributed by atoms with Crippen molar-refractivity contribution >= 4 is 10.0 Å². The van der Waals surface area contributed by atoms with E-state index in [1.165, 1.54) is 30.5 Å². The number of rotatable bonds is 5. The minimum Gasteiger partial charge on any atom is -0.497 e. The standard InChI is InChI=1S/C14H18N2O4S/c1-5-14-15-10(2)9-16(14)21(17,18)13-8-11(19-3)6-7-12(13)20-4/h6-9H,5H2,1-4H3. The Labute approximate surface area is 124 Å². The van der Waals surface area contributed by atoms with Gasteiger partial charge in [-0.15, -0.1) is 0 Å². The fourth-order valence-corrected chi connectivity index (χ4v) is 3.68. The first kappa shape index (κ1) is 15.4. The van der Waals surface area contributed by atoms with Gasteiger partial charge < -0.3 is 9.47 Å². The Morgan fingerprint density at radius 3 is 2.52 bits per heavy atom. The third kappa shape index (κ3) is 2.73. The van der Waals surface area contributed by atoms with Gasteiger partial charge in [0, 0.05) is 18.7 Å². The van der Waals surface area contributed by atoms with E-state index in [0.29, 0.717) is 23.7 Å². The smallest absolute Gasteiger partial charge is 0.272 e. The SMILES string of the molecule is CCc1nc(C)cn1S(=O)(=O)c1cc(OC)ccc1OC. The van der Waals surface area contributed by atoms with Crippen molar-refractivity contribution in [1.29, 1.82) is 0 Å². The van der Waals surface area contributed by atoms with Crippen molar-refractivity contribution in [3.05, 3.63) is 35.9 Å². The number of hydrogen-bond donors (Lipinski definition) is 0. The number of imidazole rings is 1. The maximum absolute atomic E-state index is 12.9. The molecule has 6 nitrogen and oxygen atoms in total. The predicted octanol–water partition coefficient (Wildman–Crippen LogP) is 2.01. The van der Waals surface area contributed by atoms with Crippen molar-refractivity contribution in [2.45, 2.75) is 25.2 Å². The second kappa shape index (κ2) is 5.77. The molecular formula is C14H18N2O4S. The molecule has 0 N–H and O–H groups in total. The first-order valence-corrected chi connectivity index (χ1v) is 7.90. The van der Waals surface area contributed by atoms with Crippen LogP contribution < -0.4 is 9.47 Å². The minimum absolute atomic E-state index is 0.0523. The number of aryl methyl sites for hydroxylation is 2. The van der Waals surface area contributed by atoms with Crippen LogP contribution in [-0.2, 0) is 16.4 Å². The number of benzene rings is 1. The fraction of sp³-hybridized carbons (Fsp3) is 0.357. The van der Waals surface area contributed by atoms with E-state index in [9.17, 15) is 8.42 Å². The number of nitrogens with zero attached hydrogens (tertiary/aromatic N) is 2. The summed E-state index contributed by atoms with van der Waals surface area (Å²) in [6.07, 6.45) is 2.02. The molecule has 1 aromatic heterocycles.